The second-order valence-electron chi connectivity index (χ2n) is 4.16. The molecule has 15 heavy (non-hydrogen) atoms. The highest BCUT2D eigenvalue weighted by Crippen LogP contribution is 2.53. The number of halogens is 4. The summed E-state index contributed by atoms with van der Waals surface area (Å²) in [7, 11) is 0. The molecule has 1 aromatic rings. The molecule has 2 rings (SSSR count). The zero-order valence-corrected chi connectivity index (χ0v) is 9.69. The van der Waals surface area contributed by atoms with Gasteiger partial charge in [-0.2, -0.15) is 13.2 Å². The van der Waals surface area contributed by atoms with E-state index in [0.717, 1.165) is 24.1 Å². The van der Waals surface area contributed by atoms with Crippen LogP contribution >= 0.6 is 15.9 Å². The van der Waals surface area contributed by atoms with Crippen molar-refractivity contribution in [2.75, 3.05) is 0 Å². The fourth-order valence-electron chi connectivity index (χ4n) is 1.65. The minimum Gasteiger partial charge on any atom is -0.166 e. The lowest BCUT2D eigenvalue weighted by Crippen LogP contribution is -2.07. The van der Waals surface area contributed by atoms with E-state index in [1.165, 1.54) is 0 Å². The number of hydrogen-bond donors (Lipinski definition) is 0. The first-order valence-corrected chi connectivity index (χ1v) is 5.57. The van der Waals surface area contributed by atoms with Crippen molar-refractivity contribution in [2.24, 2.45) is 0 Å². The zero-order valence-electron chi connectivity index (χ0n) is 8.11. The molecule has 0 amide bonds. The summed E-state index contributed by atoms with van der Waals surface area (Å²) < 4.78 is 36.9. The monoisotopic (exact) mass is 278 g/mol. The third-order valence-corrected chi connectivity index (χ3v) is 4.34. The summed E-state index contributed by atoms with van der Waals surface area (Å²) in [5, 5.41) is 0. The van der Waals surface area contributed by atoms with Gasteiger partial charge in [0.15, 0.2) is 0 Å². The van der Waals surface area contributed by atoms with Gasteiger partial charge < -0.3 is 0 Å². The Kier molecular flexibility index (Phi) is 2.37. The maximum atomic E-state index is 12.3. The fraction of sp³-hybridized carbons (Fsp3) is 0.455. The summed E-state index contributed by atoms with van der Waals surface area (Å²) >= 11 is 3.48. The van der Waals surface area contributed by atoms with Crippen LogP contribution in [0, 0.1) is 0 Å². The van der Waals surface area contributed by atoms with Crippen molar-refractivity contribution in [2.45, 2.75) is 29.8 Å². The van der Waals surface area contributed by atoms with E-state index < -0.39 is 11.7 Å². The fourth-order valence-corrected chi connectivity index (χ4v) is 2.59. The summed E-state index contributed by atoms with van der Waals surface area (Å²) in [5.41, 5.74) is 0.406. The molecular formula is C11H10BrF3. The van der Waals surface area contributed by atoms with Crippen LogP contribution in [0.25, 0.3) is 0 Å². The van der Waals surface area contributed by atoms with Crippen LogP contribution in [0.1, 0.15) is 24.5 Å². The molecule has 0 bridgehead atoms. The molecule has 0 radical (unpaired) electrons. The largest absolute Gasteiger partial charge is 0.416 e. The second kappa shape index (κ2) is 3.24. The predicted octanol–water partition coefficient (Wildman–Crippen LogP) is 4.13. The van der Waals surface area contributed by atoms with Gasteiger partial charge in [-0.3, -0.25) is 0 Å². The molecule has 0 nitrogen and oxygen atoms in total. The Bertz CT molecular complexity index is 368. The molecular weight excluding hydrogens is 269 g/mol. The van der Waals surface area contributed by atoms with Crippen molar-refractivity contribution in [3.63, 3.8) is 0 Å². The molecule has 1 aromatic carbocycles. The Balaban J connectivity index is 2.26. The molecule has 2 unspecified atom stereocenters. The Morgan fingerprint density at radius 2 is 1.73 bits per heavy atom. The topological polar surface area (TPSA) is 0 Å². The van der Waals surface area contributed by atoms with Crippen LogP contribution in [-0.2, 0) is 11.6 Å². The zero-order chi connectivity index (χ0) is 11.3. The van der Waals surface area contributed by atoms with Crippen LogP contribution in [0.4, 0.5) is 13.2 Å². The van der Waals surface area contributed by atoms with E-state index in [1.54, 1.807) is 12.1 Å². The Morgan fingerprint density at radius 3 is 2.07 bits per heavy atom. The summed E-state index contributed by atoms with van der Waals surface area (Å²) in [4.78, 5) is 0.390. The third kappa shape index (κ3) is 1.92. The molecule has 0 aromatic heterocycles. The first-order chi connectivity index (χ1) is 6.84. The molecule has 0 saturated heterocycles. The molecule has 1 aliphatic rings. The number of rotatable bonds is 1. The van der Waals surface area contributed by atoms with Gasteiger partial charge in [0.1, 0.15) is 0 Å². The number of hydrogen-bond acceptors (Lipinski definition) is 0. The molecule has 0 spiro atoms. The molecule has 0 N–H and O–H groups in total. The Morgan fingerprint density at radius 1 is 1.27 bits per heavy atom. The maximum absolute atomic E-state index is 12.3. The summed E-state index contributed by atoms with van der Waals surface area (Å²) in [5.74, 6) is 0. The molecule has 0 aliphatic heterocycles. The van der Waals surface area contributed by atoms with E-state index in [0.29, 0.717) is 4.83 Å². The van der Waals surface area contributed by atoms with Crippen LogP contribution in [0.3, 0.4) is 0 Å². The number of alkyl halides is 4. The normalized spacial score (nSPS) is 30.3. The standard InChI is InChI=1S/C11H10BrF3/c1-10(6-9(10)12)7-2-4-8(5-3-7)11(13,14)15/h2-5,9H,6H2,1H3. The van der Waals surface area contributed by atoms with Crippen molar-refractivity contribution in [1.29, 1.82) is 0 Å². The number of benzene rings is 1. The maximum Gasteiger partial charge on any atom is 0.416 e. The molecule has 2 atom stereocenters. The first-order valence-electron chi connectivity index (χ1n) is 4.66. The van der Waals surface area contributed by atoms with Gasteiger partial charge in [-0.15, -0.1) is 0 Å². The molecule has 1 fully saturated rings. The van der Waals surface area contributed by atoms with Gasteiger partial charge >= 0.3 is 6.18 Å². The molecule has 82 valence electrons. The van der Waals surface area contributed by atoms with Crippen molar-refractivity contribution in [3.8, 4) is 0 Å². The summed E-state index contributed by atoms with van der Waals surface area (Å²) in [6.45, 7) is 2.05. The second-order valence-corrected chi connectivity index (χ2v) is 5.27. The molecule has 1 saturated carbocycles. The average molecular weight is 279 g/mol. The highest BCUT2D eigenvalue weighted by Gasteiger charge is 2.49. The predicted molar refractivity (Wildman–Crippen MR) is 56.1 cm³/mol. The molecule has 0 heterocycles. The van der Waals surface area contributed by atoms with E-state index in [-0.39, 0.29) is 5.41 Å². The van der Waals surface area contributed by atoms with E-state index in [2.05, 4.69) is 22.9 Å². The Hall–Kier alpha value is -0.510. The minimum atomic E-state index is -4.24. The molecule has 4 heteroatoms. The average Bonchev–Trinajstić information content (AvgIpc) is 2.75. The van der Waals surface area contributed by atoms with Crippen LogP contribution in [0.15, 0.2) is 24.3 Å². The van der Waals surface area contributed by atoms with Gasteiger partial charge in [0.05, 0.1) is 5.56 Å². The van der Waals surface area contributed by atoms with Crippen molar-refractivity contribution in [1.82, 2.24) is 0 Å². The lowest BCUT2D eigenvalue weighted by molar-refractivity contribution is -0.137. The lowest BCUT2D eigenvalue weighted by Gasteiger charge is -2.12. The van der Waals surface area contributed by atoms with Crippen molar-refractivity contribution >= 4 is 15.9 Å². The summed E-state index contributed by atoms with van der Waals surface area (Å²) in [6.07, 6.45) is -3.25. The van der Waals surface area contributed by atoms with E-state index in [4.69, 9.17) is 0 Å². The van der Waals surface area contributed by atoms with Gasteiger partial charge in [0.25, 0.3) is 0 Å². The van der Waals surface area contributed by atoms with Gasteiger partial charge in [-0.1, -0.05) is 35.0 Å². The van der Waals surface area contributed by atoms with Crippen LogP contribution < -0.4 is 0 Å². The third-order valence-electron chi connectivity index (χ3n) is 3.01. The molecule has 1 aliphatic carbocycles. The van der Waals surface area contributed by atoms with Gasteiger partial charge in [0.2, 0.25) is 0 Å². The van der Waals surface area contributed by atoms with Crippen LogP contribution in [-0.4, -0.2) is 4.83 Å². The van der Waals surface area contributed by atoms with Gasteiger partial charge in [-0.25, -0.2) is 0 Å². The smallest absolute Gasteiger partial charge is 0.166 e. The highest BCUT2D eigenvalue weighted by molar-refractivity contribution is 9.09. The van der Waals surface area contributed by atoms with E-state index in [1.807, 2.05) is 0 Å². The van der Waals surface area contributed by atoms with Crippen LogP contribution in [0.5, 0.6) is 0 Å². The minimum absolute atomic E-state index is 0.0180. The Labute approximate surface area is 94.6 Å². The lowest BCUT2D eigenvalue weighted by atomic mass is 9.97. The van der Waals surface area contributed by atoms with Crippen LogP contribution in [0.2, 0.25) is 0 Å². The first kappa shape index (κ1) is 11.0. The van der Waals surface area contributed by atoms with E-state index in [9.17, 15) is 13.2 Å². The van der Waals surface area contributed by atoms with Crippen molar-refractivity contribution in [3.05, 3.63) is 35.4 Å². The van der Waals surface area contributed by atoms with Gasteiger partial charge in [0, 0.05) is 10.2 Å². The highest BCUT2D eigenvalue weighted by atomic mass is 79.9. The quantitative estimate of drug-likeness (QED) is 0.678. The van der Waals surface area contributed by atoms with Crippen molar-refractivity contribution < 1.29 is 13.2 Å². The summed E-state index contributed by atoms with van der Waals surface area (Å²) in [6, 6.07) is 5.45. The van der Waals surface area contributed by atoms with Gasteiger partial charge in [-0.05, 0) is 24.1 Å². The van der Waals surface area contributed by atoms with E-state index >= 15 is 0 Å². The SMILES string of the molecule is CC1(c2ccc(C(F)(F)F)cc2)CC1Br.